The van der Waals surface area contributed by atoms with Crippen LogP contribution in [0.2, 0.25) is 0 Å². The van der Waals surface area contributed by atoms with Gasteiger partial charge in [0.2, 0.25) is 6.41 Å². The Hall–Kier alpha value is -1.26. The molecule has 1 saturated heterocycles. The van der Waals surface area contributed by atoms with Gasteiger partial charge in [0, 0.05) is 7.05 Å². The fourth-order valence-electron chi connectivity index (χ4n) is 0.936. The van der Waals surface area contributed by atoms with Gasteiger partial charge in [0.25, 0.3) is 0 Å². The van der Waals surface area contributed by atoms with E-state index in [1.807, 2.05) is 0 Å². The van der Waals surface area contributed by atoms with E-state index in [4.69, 9.17) is 4.74 Å². The second-order valence-corrected chi connectivity index (χ2v) is 2.41. The van der Waals surface area contributed by atoms with Crippen molar-refractivity contribution in [2.24, 2.45) is 0 Å². The number of carbonyl (C=O) groups excluding carboxylic acids is 2. The van der Waals surface area contributed by atoms with Gasteiger partial charge in [-0.05, 0) is 0 Å². The zero-order valence-electron chi connectivity index (χ0n) is 6.24. The summed E-state index contributed by atoms with van der Waals surface area (Å²) < 4.78 is 4.84. The van der Waals surface area contributed by atoms with Gasteiger partial charge in [0.1, 0.15) is 6.10 Å². The minimum atomic E-state index is -0.331. The molecule has 1 heterocycles. The molecule has 0 aliphatic carbocycles. The molecule has 1 aliphatic rings. The first-order valence-corrected chi connectivity index (χ1v) is 3.33. The lowest BCUT2D eigenvalue weighted by atomic mass is 10.3. The molecule has 0 saturated carbocycles. The van der Waals surface area contributed by atoms with Crippen LogP contribution in [0.5, 0.6) is 0 Å². The first-order valence-electron chi connectivity index (χ1n) is 3.33. The molecule has 5 nitrogen and oxygen atoms in total. The Balaban J connectivity index is 2.29. The average molecular weight is 158 g/mol. The number of rotatable bonds is 3. The smallest absolute Gasteiger partial charge is 0.410 e. The third-order valence-corrected chi connectivity index (χ3v) is 1.49. The predicted octanol–water partition coefficient (Wildman–Crippen LogP) is -0.817. The zero-order valence-corrected chi connectivity index (χ0v) is 6.24. The molecule has 1 aliphatic heterocycles. The third-order valence-electron chi connectivity index (χ3n) is 1.49. The second kappa shape index (κ2) is 3.23. The first kappa shape index (κ1) is 7.84. The first-order chi connectivity index (χ1) is 5.24. The van der Waals surface area contributed by atoms with Crippen molar-refractivity contribution in [2.45, 2.75) is 6.10 Å². The Bertz CT molecular complexity index is 171. The summed E-state index contributed by atoms with van der Waals surface area (Å²) in [7, 11) is 1.66. The Morgan fingerprint density at radius 2 is 2.64 bits per heavy atom. The average Bonchev–Trinajstić information content (AvgIpc) is 2.28. The quantitative estimate of drug-likeness (QED) is 0.546. The zero-order chi connectivity index (χ0) is 8.27. The van der Waals surface area contributed by atoms with E-state index in [1.54, 1.807) is 7.05 Å². The van der Waals surface area contributed by atoms with Crippen LogP contribution in [0.4, 0.5) is 4.79 Å². The number of nitrogens with one attached hydrogen (secondary N) is 1. The van der Waals surface area contributed by atoms with Gasteiger partial charge in [-0.15, -0.1) is 0 Å². The van der Waals surface area contributed by atoms with Crippen LogP contribution in [0.3, 0.4) is 0 Å². The molecule has 1 N–H and O–H groups in total. The molecule has 0 radical (unpaired) electrons. The van der Waals surface area contributed by atoms with Crippen molar-refractivity contribution in [1.29, 1.82) is 0 Å². The Labute approximate surface area is 64.3 Å². The molecule has 0 aromatic heterocycles. The number of ether oxygens (including phenoxy) is 1. The highest BCUT2D eigenvalue weighted by Crippen LogP contribution is 2.06. The second-order valence-electron chi connectivity index (χ2n) is 2.41. The largest absolute Gasteiger partial charge is 0.442 e. The van der Waals surface area contributed by atoms with Crippen LogP contribution in [0, 0.1) is 0 Å². The number of nitrogens with zero attached hydrogens (tertiary/aromatic N) is 1. The number of hydrogen-bond acceptors (Lipinski definition) is 3. The van der Waals surface area contributed by atoms with Crippen LogP contribution in [0.25, 0.3) is 0 Å². The molecule has 5 heteroatoms. The monoisotopic (exact) mass is 158 g/mol. The van der Waals surface area contributed by atoms with Crippen molar-refractivity contribution in [3.05, 3.63) is 0 Å². The van der Waals surface area contributed by atoms with E-state index in [1.165, 1.54) is 4.90 Å². The maximum absolute atomic E-state index is 10.7. The maximum atomic E-state index is 10.7. The summed E-state index contributed by atoms with van der Waals surface area (Å²) in [5.74, 6) is 0. The molecular formula is C6H10N2O3. The van der Waals surface area contributed by atoms with Crippen molar-refractivity contribution in [2.75, 3.05) is 20.1 Å². The van der Waals surface area contributed by atoms with E-state index in [2.05, 4.69) is 5.32 Å². The van der Waals surface area contributed by atoms with Crippen molar-refractivity contribution in [1.82, 2.24) is 10.2 Å². The van der Waals surface area contributed by atoms with E-state index < -0.39 is 0 Å². The summed E-state index contributed by atoms with van der Waals surface area (Å²) in [5.41, 5.74) is 0. The SMILES string of the molecule is CN1C[C@H](CNC=O)OC1=O. The third kappa shape index (κ3) is 1.83. The lowest BCUT2D eigenvalue weighted by Crippen LogP contribution is -2.28. The molecule has 0 aromatic carbocycles. The van der Waals surface area contributed by atoms with Gasteiger partial charge in [-0.3, -0.25) is 4.79 Å². The van der Waals surface area contributed by atoms with Gasteiger partial charge in [0.05, 0.1) is 13.1 Å². The van der Waals surface area contributed by atoms with Gasteiger partial charge in [-0.2, -0.15) is 0 Å². The fourth-order valence-corrected chi connectivity index (χ4v) is 0.936. The van der Waals surface area contributed by atoms with Crippen molar-refractivity contribution < 1.29 is 14.3 Å². The molecule has 1 atom stereocenters. The summed E-state index contributed by atoms with van der Waals surface area (Å²) in [6.07, 6.45) is 0.0620. The van der Waals surface area contributed by atoms with E-state index in [0.717, 1.165) is 0 Å². The van der Waals surface area contributed by atoms with E-state index in [-0.39, 0.29) is 12.2 Å². The summed E-state index contributed by atoms with van der Waals surface area (Å²) in [6, 6.07) is 0. The molecular weight excluding hydrogens is 148 g/mol. The molecule has 1 rings (SSSR count). The Morgan fingerprint density at radius 3 is 3.09 bits per heavy atom. The molecule has 2 amide bonds. The Kier molecular flexibility index (Phi) is 2.30. The molecule has 1 fully saturated rings. The number of carbonyl (C=O) groups is 2. The molecule has 0 aromatic rings. The topological polar surface area (TPSA) is 58.6 Å². The lowest BCUT2D eigenvalue weighted by Gasteiger charge is -2.04. The van der Waals surface area contributed by atoms with Crippen LogP contribution in [0.1, 0.15) is 0 Å². The van der Waals surface area contributed by atoms with Gasteiger partial charge in [-0.25, -0.2) is 4.79 Å². The highest BCUT2D eigenvalue weighted by molar-refractivity contribution is 5.69. The number of hydrogen-bond donors (Lipinski definition) is 1. The van der Waals surface area contributed by atoms with Crippen molar-refractivity contribution >= 4 is 12.5 Å². The van der Waals surface area contributed by atoms with Crippen LogP contribution in [-0.4, -0.2) is 43.6 Å². The van der Waals surface area contributed by atoms with Crippen LogP contribution in [-0.2, 0) is 9.53 Å². The minimum absolute atomic E-state index is 0.197. The van der Waals surface area contributed by atoms with Crippen LogP contribution < -0.4 is 5.32 Å². The van der Waals surface area contributed by atoms with Gasteiger partial charge in [0.15, 0.2) is 0 Å². The van der Waals surface area contributed by atoms with E-state index >= 15 is 0 Å². The normalized spacial score (nSPS) is 23.2. The van der Waals surface area contributed by atoms with Gasteiger partial charge >= 0.3 is 6.09 Å². The molecule has 0 unspecified atom stereocenters. The highest BCUT2D eigenvalue weighted by atomic mass is 16.6. The van der Waals surface area contributed by atoms with Gasteiger partial charge in [-0.1, -0.05) is 0 Å². The lowest BCUT2D eigenvalue weighted by molar-refractivity contribution is -0.109. The molecule has 62 valence electrons. The van der Waals surface area contributed by atoms with Crippen LogP contribution >= 0.6 is 0 Å². The van der Waals surface area contributed by atoms with Crippen molar-refractivity contribution in [3.8, 4) is 0 Å². The number of likely N-dealkylation sites (N-methyl/N-ethyl adjacent to an activating group) is 1. The number of amides is 2. The minimum Gasteiger partial charge on any atom is -0.442 e. The highest BCUT2D eigenvalue weighted by Gasteiger charge is 2.27. The standard InChI is InChI=1S/C6H10N2O3/c1-8-3-5(2-7-4-9)11-6(8)10/h4-5H,2-3H2,1H3,(H,7,9)/t5-/m0/s1. The Morgan fingerprint density at radius 1 is 1.91 bits per heavy atom. The van der Waals surface area contributed by atoms with E-state index in [9.17, 15) is 9.59 Å². The summed E-state index contributed by atoms with van der Waals surface area (Å²) in [6.45, 7) is 0.930. The van der Waals surface area contributed by atoms with E-state index in [0.29, 0.717) is 19.5 Å². The fraction of sp³-hybridized carbons (Fsp3) is 0.667. The van der Waals surface area contributed by atoms with Gasteiger partial charge < -0.3 is 15.0 Å². The molecule has 11 heavy (non-hydrogen) atoms. The summed E-state index contributed by atoms with van der Waals surface area (Å²) in [5, 5.41) is 2.45. The number of cyclic esters (lactones) is 1. The van der Waals surface area contributed by atoms with Crippen molar-refractivity contribution in [3.63, 3.8) is 0 Å². The molecule has 0 spiro atoms. The summed E-state index contributed by atoms with van der Waals surface area (Å²) >= 11 is 0. The summed E-state index contributed by atoms with van der Waals surface area (Å²) in [4.78, 5) is 22.1. The molecule has 0 bridgehead atoms. The van der Waals surface area contributed by atoms with Crippen LogP contribution in [0.15, 0.2) is 0 Å². The predicted molar refractivity (Wildman–Crippen MR) is 37.0 cm³/mol. The maximum Gasteiger partial charge on any atom is 0.410 e.